The first-order valence-electron chi connectivity index (χ1n) is 6.81. The van der Waals surface area contributed by atoms with Crippen LogP contribution in [0.5, 0.6) is 0 Å². The third kappa shape index (κ3) is 4.59. The van der Waals surface area contributed by atoms with Crippen molar-refractivity contribution in [1.82, 2.24) is 5.32 Å². The van der Waals surface area contributed by atoms with Gasteiger partial charge in [-0.15, -0.1) is 0 Å². The lowest BCUT2D eigenvalue weighted by molar-refractivity contribution is -0.118. The van der Waals surface area contributed by atoms with Crippen molar-refractivity contribution < 1.29 is 9.18 Å². The number of halogens is 2. The standard InChI is InChI=1S/C15H19ClFNO/c16-13-4-6-15(17)12(8-13)9-14(19)5-3-11-2-1-7-18-10-11/h4,6,8,11,18H,1-3,5,7,9-10H2. The van der Waals surface area contributed by atoms with Gasteiger partial charge < -0.3 is 5.32 Å². The molecule has 4 heteroatoms. The van der Waals surface area contributed by atoms with E-state index < -0.39 is 0 Å². The molecule has 1 unspecified atom stereocenters. The molecular formula is C15H19ClFNO. The Labute approximate surface area is 118 Å². The Bertz CT molecular complexity index is 444. The number of rotatable bonds is 5. The molecule has 1 aliphatic rings. The van der Waals surface area contributed by atoms with Crippen molar-refractivity contribution in [2.75, 3.05) is 13.1 Å². The summed E-state index contributed by atoms with van der Waals surface area (Å²) in [5.41, 5.74) is 0.402. The van der Waals surface area contributed by atoms with Crippen LogP contribution in [-0.4, -0.2) is 18.9 Å². The van der Waals surface area contributed by atoms with Gasteiger partial charge in [0.15, 0.2) is 0 Å². The third-order valence-corrected chi connectivity index (χ3v) is 3.86. The van der Waals surface area contributed by atoms with E-state index in [4.69, 9.17) is 11.6 Å². The molecule has 1 N–H and O–H groups in total. The highest BCUT2D eigenvalue weighted by Crippen LogP contribution is 2.19. The first kappa shape index (κ1) is 14.5. The Morgan fingerprint density at radius 2 is 2.32 bits per heavy atom. The summed E-state index contributed by atoms with van der Waals surface area (Å²) in [7, 11) is 0. The minimum Gasteiger partial charge on any atom is -0.316 e. The highest BCUT2D eigenvalue weighted by Gasteiger charge is 2.15. The predicted octanol–water partition coefficient (Wildman–Crippen LogP) is 3.37. The van der Waals surface area contributed by atoms with Crippen LogP contribution in [0, 0.1) is 11.7 Å². The molecule has 1 saturated heterocycles. The molecular weight excluding hydrogens is 265 g/mol. The van der Waals surface area contributed by atoms with E-state index in [-0.39, 0.29) is 18.0 Å². The molecule has 0 aliphatic carbocycles. The number of piperidine rings is 1. The van der Waals surface area contributed by atoms with E-state index in [0.29, 0.717) is 22.9 Å². The van der Waals surface area contributed by atoms with Gasteiger partial charge in [-0.2, -0.15) is 0 Å². The number of carbonyl (C=O) groups is 1. The molecule has 2 nitrogen and oxygen atoms in total. The fourth-order valence-electron chi connectivity index (χ4n) is 2.52. The summed E-state index contributed by atoms with van der Waals surface area (Å²) in [4.78, 5) is 11.9. The van der Waals surface area contributed by atoms with Crippen molar-refractivity contribution in [3.05, 3.63) is 34.6 Å². The molecule has 0 amide bonds. The second-order valence-corrected chi connectivity index (χ2v) is 5.64. The van der Waals surface area contributed by atoms with Gasteiger partial charge >= 0.3 is 0 Å². The molecule has 0 saturated carbocycles. The van der Waals surface area contributed by atoms with Gasteiger partial charge in [0.05, 0.1) is 0 Å². The van der Waals surface area contributed by atoms with Crippen LogP contribution in [0.2, 0.25) is 5.02 Å². The molecule has 2 rings (SSSR count). The molecule has 0 bridgehead atoms. The minimum absolute atomic E-state index is 0.0896. The number of ketones is 1. The van der Waals surface area contributed by atoms with Crippen molar-refractivity contribution in [3.63, 3.8) is 0 Å². The van der Waals surface area contributed by atoms with Crippen molar-refractivity contribution >= 4 is 17.4 Å². The van der Waals surface area contributed by atoms with Crippen molar-refractivity contribution in [3.8, 4) is 0 Å². The lowest BCUT2D eigenvalue weighted by atomic mass is 9.92. The van der Waals surface area contributed by atoms with Gasteiger partial charge in [0.1, 0.15) is 11.6 Å². The quantitative estimate of drug-likeness (QED) is 0.898. The number of carbonyl (C=O) groups excluding carboxylic acids is 1. The number of benzene rings is 1. The van der Waals surface area contributed by atoms with Gasteiger partial charge in [0.25, 0.3) is 0 Å². The number of nitrogens with one attached hydrogen (secondary N) is 1. The molecule has 104 valence electrons. The summed E-state index contributed by atoms with van der Waals surface area (Å²) < 4.78 is 13.5. The van der Waals surface area contributed by atoms with Gasteiger partial charge in [0.2, 0.25) is 0 Å². The molecule has 1 aliphatic heterocycles. The lowest BCUT2D eigenvalue weighted by Gasteiger charge is -2.22. The molecule has 19 heavy (non-hydrogen) atoms. The summed E-state index contributed by atoms with van der Waals surface area (Å²) in [5.74, 6) is 0.325. The molecule has 0 aromatic heterocycles. The Hall–Kier alpha value is -0.930. The maximum atomic E-state index is 13.5. The fraction of sp³-hybridized carbons (Fsp3) is 0.533. The summed E-state index contributed by atoms with van der Waals surface area (Å²) in [6, 6.07) is 4.35. The zero-order valence-electron chi connectivity index (χ0n) is 10.9. The van der Waals surface area contributed by atoms with E-state index in [2.05, 4.69) is 5.32 Å². The topological polar surface area (TPSA) is 29.1 Å². The number of hydrogen-bond donors (Lipinski definition) is 1. The molecule has 0 radical (unpaired) electrons. The largest absolute Gasteiger partial charge is 0.316 e. The SMILES string of the molecule is O=C(CCC1CCCNC1)Cc1cc(Cl)ccc1F. The molecule has 1 fully saturated rings. The highest BCUT2D eigenvalue weighted by molar-refractivity contribution is 6.30. The third-order valence-electron chi connectivity index (χ3n) is 3.63. The molecule has 1 atom stereocenters. The van der Waals surface area contributed by atoms with Crippen LogP contribution in [-0.2, 0) is 11.2 Å². The van der Waals surface area contributed by atoms with Gasteiger partial charge in [-0.25, -0.2) is 4.39 Å². The number of hydrogen-bond acceptors (Lipinski definition) is 2. The average Bonchev–Trinajstić information content (AvgIpc) is 2.42. The molecule has 1 aromatic rings. The Kier molecular flexibility index (Phi) is 5.34. The lowest BCUT2D eigenvalue weighted by Crippen LogP contribution is -2.30. The van der Waals surface area contributed by atoms with E-state index in [0.717, 1.165) is 19.5 Å². The Morgan fingerprint density at radius 1 is 1.47 bits per heavy atom. The van der Waals surface area contributed by atoms with Crippen LogP contribution in [0.4, 0.5) is 4.39 Å². The van der Waals surface area contributed by atoms with Crippen molar-refractivity contribution in [2.24, 2.45) is 5.92 Å². The van der Waals surface area contributed by atoms with E-state index in [9.17, 15) is 9.18 Å². The van der Waals surface area contributed by atoms with Crippen LogP contribution >= 0.6 is 11.6 Å². The van der Waals surface area contributed by atoms with Crippen LogP contribution in [0.25, 0.3) is 0 Å². The Morgan fingerprint density at radius 3 is 3.05 bits per heavy atom. The molecule has 1 heterocycles. The van der Waals surface area contributed by atoms with Gasteiger partial charge in [-0.1, -0.05) is 11.6 Å². The van der Waals surface area contributed by atoms with E-state index in [1.165, 1.54) is 31.0 Å². The maximum absolute atomic E-state index is 13.5. The zero-order valence-corrected chi connectivity index (χ0v) is 11.7. The molecule has 0 spiro atoms. The summed E-state index contributed by atoms with van der Waals surface area (Å²) in [6.45, 7) is 2.08. The van der Waals surface area contributed by atoms with E-state index in [1.54, 1.807) is 0 Å². The van der Waals surface area contributed by atoms with Gasteiger partial charge in [-0.3, -0.25) is 4.79 Å². The zero-order chi connectivity index (χ0) is 13.7. The van der Waals surface area contributed by atoms with Gasteiger partial charge in [0, 0.05) is 17.9 Å². The van der Waals surface area contributed by atoms with E-state index in [1.807, 2.05) is 0 Å². The van der Waals surface area contributed by atoms with Crippen molar-refractivity contribution in [2.45, 2.75) is 32.1 Å². The normalized spacial score (nSPS) is 19.4. The second-order valence-electron chi connectivity index (χ2n) is 5.20. The summed E-state index contributed by atoms with van der Waals surface area (Å²) in [6.07, 6.45) is 3.94. The monoisotopic (exact) mass is 283 g/mol. The predicted molar refractivity (Wildman–Crippen MR) is 74.9 cm³/mol. The van der Waals surface area contributed by atoms with Crippen molar-refractivity contribution in [1.29, 1.82) is 0 Å². The average molecular weight is 284 g/mol. The van der Waals surface area contributed by atoms with Gasteiger partial charge in [-0.05, 0) is 62.0 Å². The van der Waals surface area contributed by atoms with Crippen LogP contribution < -0.4 is 5.32 Å². The summed E-state index contributed by atoms with van der Waals surface area (Å²) >= 11 is 5.81. The van der Waals surface area contributed by atoms with Crippen LogP contribution in [0.1, 0.15) is 31.2 Å². The molecule has 1 aromatic carbocycles. The summed E-state index contributed by atoms with van der Waals surface area (Å²) in [5, 5.41) is 3.81. The van der Waals surface area contributed by atoms with Crippen LogP contribution in [0.3, 0.4) is 0 Å². The minimum atomic E-state index is -0.350. The fourth-order valence-corrected chi connectivity index (χ4v) is 2.71. The smallest absolute Gasteiger partial charge is 0.137 e. The second kappa shape index (κ2) is 7.01. The van der Waals surface area contributed by atoms with Crippen LogP contribution in [0.15, 0.2) is 18.2 Å². The first-order chi connectivity index (χ1) is 9.15. The highest BCUT2D eigenvalue weighted by atomic mass is 35.5. The maximum Gasteiger partial charge on any atom is 0.137 e. The number of Topliss-reactive ketones (excluding diaryl/α,β-unsaturated/α-hetero) is 1. The Balaban J connectivity index is 1.81. The van der Waals surface area contributed by atoms with E-state index >= 15 is 0 Å². The first-order valence-corrected chi connectivity index (χ1v) is 7.19.